The first-order valence-corrected chi connectivity index (χ1v) is 5.57. The van der Waals surface area contributed by atoms with Crippen LogP contribution in [0.4, 0.5) is 0 Å². The summed E-state index contributed by atoms with van der Waals surface area (Å²) in [5.41, 5.74) is 8.61. The standard InChI is InChI=1S/C15H15N2/c16-15(17)14-10-8-13(9-11-14)7-6-12-4-2-1-3-5-12/h1-5,7-11H,6H2,(H3,16,17). The first kappa shape index (κ1) is 11.4. The molecular formula is C15H15N2. The molecule has 0 atom stereocenters. The Hall–Kier alpha value is -2.09. The van der Waals surface area contributed by atoms with Gasteiger partial charge in [0.25, 0.3) is 0 Å². The molecule has 2 aromatic rings. The van der Waals surface area contributed by atoms with E-state index in [2.05, 4.69) is 18.6 Å². The van der Waals surface area contributed by atoms with Crippen LogP contribution in [0.3, 0.4) is 0 Å². The fraction of sp³-hybridized carbons (Fsp3) is 0.0667. The third kappa shape index (κ3) is 3.18. The van der Waals surface area contributed by atoms with Gasteiger partial charge in [-0.1, -0.05) is 54.6 Å². The molecular weight excluding hydrogens is 208 g/mol. The predicted molar refractivity (Wildman–Crippen MR) is 71.0 cm³/mol. The minimum atomic E-state index is 0.111. The van der Waals surface area contributed by atoms with Crippen LogP contribution in [0.1, 0.15) is 16.7 Å². The third-order valence-corrected chi connectivity index (χ3v) is 2.64. The van der Waals surface area contributed by atoms with Crippen LogP contribution in [0, 0.1) is 11.8 Å². The van der Waals surface area contributed by atoms with Crippen molar-refractivity contribution in [3.05, 3.63) is 77.7 Å². The van der Waals surface area contributed by atoms with Crippen LogP contribution >= 0.6 is 0 Å². The molecule has 0 saturated heterocycles. The summed E-state index contributed by atoms with van der Waals surface area (Å²) in [7, 11) is 0. The third-order valence-electron chi connectivity index (χ3n) is 2.64. The molecule has 17 heavy (non-hydrogen) atoms. The summed E-state index contributed by atoms with van der Waals surface area (Å²) >= 11 is 0. The Bertz CT molecular complexity index is 486. The Kier molecular flexibility index (Phi) is 3.55. The normalized spacial score (nSPS) is 10.1. The zero-order chi connectivity index (χ0) is 12.1. The molecule has 3 N–H and O–H groups in total. The van der Waals surface area contributed by atoms with Gasteiger partial charge in [0.15, 0.2) is 0 Å². The predicted octanol–water partition coefficient (Wildman–Crippen LogP) is 2.77. The first-order chi connectivity index (χ1) is 8.25. The van der Waals surface area contributed by atoms with Crippen LogP contribution in [0.15, 0.2) is 54.6 Å². The van der Waals surface area contributed by atoms with Crippen molar-refractivity contribution in [2.24, 2.45) is 5.73 Å². The second-order valence-corrected chi connectivity index (χ2v) is 3.93. The molecule has 0 heterocycles. The lowest BCUT2D eigenvalue weighted by molar-refractivity contribution is 1.17. The van der Waals surface area contributed by atoms with E-state index in [4.69, 9.17) is 11.1 Å². The molecule has 0 spiro atoms. The molecule has 2 heteroatoms. The van der Waals surface area contributed by atoms with E-state index in [0.29, 0.717) is 0 Å². The maximum Gasteiger partial charge on any atom is 0.122 e. The zero-order valence-electron chi connectivity index (χ0n) is 9.56. The Morgan fingerprint density at radius 3 is 2.24 bits per heavy atom. The highest BCUT2D eigenvalue weighted by molar-refractivity contribution is 5.94. The highest BCUT2D eigenvalue weighted by Crippen LogP contribution is 2.10. The highest BCUT2D eigenvalue weighted by Gasteiger charge is 1.98. The van der Waals surface area contributed by atoms with Crippen molar-refractivity contribution in [3.8, 4) is 0 Å². The van der Waals surface area contributed by atoms with E-state index >= 15 is 0 Å². The number of hydrogen-bond acceptors (Lipinski definition) is 1. The molecule has 2 nitrogen and oxygen atoms in total. The highest BCUT2D eigenvalue weighted by atomic mass is 14.7. The lowest BCUT2D eigenvalue weighted by Gasteiger charge is -2.03. The van der Waals surface area contributed by atoms with Crippen LogP contribution in [0.5, 0.6) is 0 Å². The van der Waals surface area contributed by atoms with Crippen molar-refractivity contribution in [1.82, 2.24) is 0 Å². The Labute approximate surface area is 102 Å². The summed E-state index contributed by atoms with van der Waals surface area (Å²) in [5.74, 6) is 0.111. The van der Waals surface area contributed by atoms with Crippen LogP contribution in [-0.4, -0.2) is 5.84 Å². The van der Waals surface area contributed by atoms with Crippen LogP contribution < -0.4 is 5.73 Å². The Morgan fingerprint density at radius 1 is 1.00 bits per heavy atom. The summed E-state index contributed by atoms with van der Waals surface area (Å²) in [6.07, 6.45) is 3.08. The number of nitrogens with two attached hydrogens (primary N) is 1. The molecule has 2 aromatic carbocycles. The number of benzene rings is 2. The van der Waals surface area contributed by atoms with Gasteiger partial charge in [-0.05, 0) is 24.0 Å². The van der Waals surface area contributed by atoms with Crippen molar-refractivity contribution in [2.75, 3.05) is 0 Å². The SMILES string of the molecule is N=C(N)c1ccc([CH]Cc2ccccc2)cc1. The van der Waals surface area contributed by atoms with Gasteiger partial charge < -0.3 is 5.73 Å². The molecule has 0 bridgehead atoms. The molecule has 85 valence electrons. The van der Waals surface area contributed by atoms with E-state index in [1.54, 1.807) is 0 Å². The van der Waals surface area contributed by atoms with Crippen LogP contribution in [0.25, 0.3) is 0 Å². The second kappa shape index (κ2) is 5.30. The van der Waals surface area contributed by atoms with E-state index in [-0.39, 0.29) is 5.84 Å². The minimum Gasteiger partial charge on any atom is -0.384 e. The van der Waals surface area contributed by atoms with Crippen molar-refractivity contribution in [1.29, 1.82) is 5.41 Å². The molecule has 0 aliphatic heterocycles. The molecule has 0 aliphatic carbocycles. The second-order valence-electron chi connectivity index (χ2n) is 3.93. The largest absolute Gasteiger partial charge is 0.384 e. The maximum atomic E-state index is 7.31. The van der Waals surface area contributed by atoms with Gasteiger partial charge in [0.1, 0.15) is 5.84 Å². The van der Waals surface area contributed by atoms with Gasteiger partial charge in [-0.3, -0.25) is 5.41 Å². The summed E-state index contributed by atoms with van der Waals surface area (Å²) in [6, 6.07) is 18.0. The Balaban J connectivity index is 1.98. The summed E-state index contributed by atoms with van der Waals surface area (Å²) in [6.45, 7) is 0. The molecule has 0 unspecified atom stereocenters. The summed E-state index contributed by atoms with van der Waals surface area (Å²) in [4.78, 5) is 0. The molecule has 0 amide bonds. The van der Waals surface area contributed by atoms with Crippen LogP contribution in [0.2, 0.25) is 0 Å². The quantitative estimate of drug-likeness (QED) is 0.607. The lowest BCUT2D eigenvalue weighted by atomic mass is 10.0. The van der Waals surface area contributed by atoms with E-state index in [0.717, 1.165) is 17.5 Å². The van der Waals surface area contributed by atoms with Crippen molar-refractivity contribution in [2.45, 2.75) is 6.42 Å². The van der Waals surface area contributed by atoms with E-state index < -0.39 is 0 Å². The van der Waals surface area contributed by atoms with E-state index in [1.165, 1.54) is 5.56 Å². The van der Waals surface area contributed by atoms with Gasteiger partial charge in [-0.25, -0.2) is 0 Å². The number of nitrogen functional groups attached to an aromatic ring is 1. The topological polar surface area (TPSA) is 49.9 Å². The average molecular weight is 223 g/mol. The fourth-order valence-electron chi connectivity index (χ4n) is 1.65. The molecule has 0 saturated carbocycles. The first-order valence-electron chi connectivity index (χ1n) is 5.57. The molecule has 0 fully saturated rings. The molecule has 2 rings (SSSR count). The fourth-order valence-corrected chi connectivity index (χ4v) is 1.65. The zero-order valence-corrected chi connectivity index (χ0v) is 9.56. The van der Waals surface area contributed by atoms with E-state index in [1.807, 2.05) is 42.5 Å². The number of amidine groups is 1. The van der Waals surface area contributed by atoms with Crippen molar-refractivity contribution in [3.63, 3.8) is 0 Å². The van der Waals surface area contributed by atoms with E-state index in [9.17, 15) is 0 Å². The van der Waals surface area contributed by atoms with Crippen LogP contribution in [-0.2, 0) is 6.42 Å². The molecule has 1 radical (unpaired) electrons. The lowest BCUT2D eigenvalue weighted by Crippen LogP contribution is -2.10. The monoisotopic (exact) mass is 223 g/mol. The molecule has 0 aromatic heterocycles. The number of rotatable bonds is 4. The van der Waals surface area contributed by atoms with Gasteiger partial charge in [0, 0.05) is 5.56 Å². The van der Waals surface area contributed by atoms with Crippen molar-refractivity contribution >= 4 is 5.84 Å². The Morgan fingerprint density at radius 2 is 1.65 bits per heavy atom. The summed E-state index contributed by atoms with van der Waals surface area (Å²) in [5, 5.41) is 7.31. The maximum absolute atomic E-state index is 7.31. The average Bonchev–Trinajstić information content (AvgIpc) is 2.38. The van der Waals surface area contributed by atoms with Gasteiger partial charge in [0.05, 0.1) is 0 Å². The van der Waals surface area contributed by atoms with Gasteiger partial charge in [-0.2, -0.15) is 0 Å². The number of hydrogen-bond donors (Lipinski definition) is 2. The minimum absolute atomic E-state index is 0.111. The smallest absolute Gasteiger partial charge is 0.122 e. The van der Waals surface area contributed by atoms with Gasteiger partial charge in [-0.15, -0.1) is 0 Å². The van der Waals surface area contributed by atoms with Gasteiger partial charge in [0.2, 0.25) is 0 Å². The molecule has 0 aliphatic rings. The summed E-state index contributed by atoms with van der Waals surface area (Å²) < 4.78 is 0. The van der Waals surface area contributed by atoms with Gasteiger partial charge >= 0.3 is 0 Å². The van der Waals surface area contributed by atoms with Crippen molar-refractivity contribution < 1.29 is 0 Å². The number of nitrogens with one attached hydrogen (secondary N) is 1.